The van der Waals surface area contributed by atoms with E-state index < -0.39 is 18.1 Å². The molecule has 0 N–H and O–H groups in total. The van der Waals surface area contributed by atoms with Crippen molar-refractivity contribution in [2.45, 2.75) is 39.8 Å². The van der Waals surface area contributed by atoms with Crippen molar-refractivity contribution in [1.29, 1.82) is 0 Å². The summed E-state index contributed by atoms with van der Waals surface area (Å²) in [5, 5.41) is 0. The lowest BCUT2D eigenvalue weighted by atomic mass is 9.92. The predicted molar refractivity (Wildman–Crippen MR) is 134 cm³/mol. The zero-order chi connectivity index (χ0) is 25.7. The highest BCUT2D eigenvalue weighted by Gasteiger charge is 2.38. The van der Waals surface area contributed by atoms with Gasteiger partial charge >= 0.3 is 12.1 Å². The predicted octanol–water partition coefficient (Wildman–Crippen LogP) is 4.90. The molecule has 2 aromatic carbocycles. The molecule has 188 valence electrons. The Hall–Kier alpha value is -3.94. The molecular formula is C28H31N3O5. The first-order chi connectivity index (χ1) is 17.4. The first-order valence-electron chi connectivity index (χ1n) is 12.0. The molecule has 1 aromatic heterocycles. The van der Waals surface area contributed by atoms with Gasteiger partial charge in [-0.3, -0.25) is 4.90 Å². The van der Waals surface area contributed by atoms with Gasteiger partial charge in [-0.05, 0) is 42.5 Å². The number of carbonyl (C=O) groups is 2. The Morgan fingerprint density at radius 3 is 2.61 bits per heavy atom. The van der Waals surface area contributed by atoms with Crippen LogP contribution < -0.4 is 4.74 Å². The van der Waals surface area contributed by atoms with Crippen molar-refractivity contribution in [1.82, 2.24) is 14.9 Å². The van der Waals surface area contributed by atoms with E-state index in [0.29, 0.717) is 36.7 Å². The molecular weight excluding hydrogens is 458 g/mol. The Morgan fingerprint density at radius 1 is 1.14 bits per heavy atom. The van der Waals surface area contributed by atoms with Crippen LogP contribution in [0.1, 0.15) is 42.3 Å². The molecule has 36 heavy (non-hydrogen) atoms. The molecule has 0 radical (unpaired) electrons. The number of methoxy groups -OCH3 is 1. The Morgan fingerprint density at radius 2 is 1.92 bits per heavy atom. The zero-order valence-corrected chi connectivity index (χ0v) is 21.1. The maximum absolute atomic E-state index is 12.7. The van der Waals surface area contributed by atoms with Crippen molar-refractivity contribution in [3.05, 3.63) is 77.1 Å². The quantitative estimate of drug-likeness (QED) is 0.436. The average Bonchev–Trinajstić information content (AvgIpc) is 2.90. The fourth-order valence-electron chi connectivity index (χ4n) is 4.10. The van der Waals surface area contributed by atoms with Crippen molar-refractivity contribution in [3.8, 4) is 17.1 Å². The van der Waals surface area contributed by atoms with Crippen LogP contribution in [-0.4, -0.2) is 47.2 Å². The van der Waals surface area contributed by atoms with Crippen molar-refractivity contribution >= 4 is 12.1 Å². The summed E-state index contributed by atoms with van der Waals surface area (Å²) >= 11 is 0. The van der Waals surface area contributed by atoms with E-state index >= 15 is 0 Å². The Kier molecular flexibility index (Phi) is 7.83. The molecule has 0 saturated heterocycles. The lowest BCUT2D eigenvalue weighted by Crippen LogP contribution is -2.44. The number of rotatable bonds is 7. The van der Waals surface area contributed by atoms with Crippen molar-refractivity contribution in [2.75, 3.05) is 20.3 Å². The highest BCUT2D eigenvalue weighted by Crippen LogP contribution is 2.34. The van der Waals surface area contributed by atoms with Crippen LogP contribution in [0.5, 0.6) is 5.75 Å². The lowest BCUT2D eigenvalue weighted by molar-refractivity contribution is -0.147. The molecule has 0 saturated carbocycles. The molecule has 0 fully saturated rings. The Bertz CT molecular complexity index is 1230. The molecule has 1 amide bonds. The van der Waals surface area contributed by atoms with E-state index in [-0.39, 0.29) is 12.5 Å². The number of nitrogens with zero attached hydrogens (tertiary/aromatic N) is 3. The molecule has 1 atom stereocenters. The topological polar surface area (TPSA) is 90.9 Å². The molecule has 8 nitrogen and oxygen atoms in total. The third kappa shape index (κ3) is 5.64. The fraction of sp³-hybridized carbons (Fsp3) is 0.357. The molecule has 1 aliphatic heterocycles. The van der Waals surface area contributed by atoms with Crippen LogP contribution in [-0.2, 0) is 27.3 Å². The number of benzene rings is 2. The number of aromatic nitrogens is 2. The smallest absolute Gasteiger partial charge is 0.410 e. The van der Waals surface area contributed by atoms with Crippen LogP contribution in [0.4, 0.5) is 4.79 Å². The number of fused-ring (bicyclic) bond motifs is 1. The summed E-state index contributed by atoms with van der Waals surface area (Å²) < 4.78 is 16.4. The first-order valence-corrected chi connectivity index (χ1v) is 12.0. The van der Waals surface area contributed by atoms with E-state index in [0.717, 1.165) is 22.4 Å². The number of hydrogen-bond acceptors (Lipinski definition) is 7. The maximum Gasteiger partial charge on any atom is 0.410 e. The van der Waals surface area contributed by atoms with E-state index in [2.05, 4.69) is 9.97 Å². The number of ether oxygens (including phenoxy) is 3. The molecule has 0 bridgehead atoms. The summed E-state index contributed by atoms with van der Waals surface area (Å²) in [6.45, 7) is 6.81. The van der Waals surface area contributed by atoms with Gasteiger partial charge in [-0.1, -0.05) is 50.2 Å². The van der Waals surface area contributed by atoms with Gasteiger partial charge in [0.05, 0.1) is 13.7 Å². The van der Waals surface area contributed by atoms with Crippen molar-refractivity contribution in [2.24, 2.45) is 5.92 Å². The number of aryl methyl sites for hydroxylation is 1. The highest BCUT2D eigenvalue weighted by molar-refractivity contribution is 5.84. The second-order valence-corrected chi connectivity index (χ2v) is 9.16. The molecule has 1 unspecified atom stereocenters. The van der Waals surface area contributed by atoms with E-state index in [4.69, 9.17) is 14.2 Å². The van der Waals surface area contributed by atoms with Gasteiger partial charge in [-0.2, -0.15) is 0 Å². The number of hydrogen-bond donors (Lipinski definition) is 0. The van der Waals surface area contributed by atoms with E-state index in [9.17, 15) is 9.59 Å². The minimum atomic E-state index is -0.853. The van der Waals surface area contributed by atoms with Gasteiger partial charge in [-0.15, -0.1) is 0 Å². The molecule has 3 aromatic rings. The van der Waals surface area contributed by atoms with Gasteiger partial charge in [-0.25, -0.2) is 19.6 Å². The van der Waals surface area contributed by atoms with Crippen LogP contribution in [0.15, 0.2) is 54.7 Å². The van der Waals surface area contributed by atoms with Crippen LogP contribution in [0.25, 0.3) is 11.4 Å². The molecule has 8 heteroatoms. The Balaban J connectivity index is 1.48. The minimum absolute atomic E-state index is 0.200. The summed E-state index contributed by atoms with van der Waals surface area (Å²) in [5.41, 5.74) is 4.35. The van der Waals surface area contributed by atoms with Gasteiger partial charge in [0.15, 0.2) is 11.9 Å². The molecule has 0 aliphatic carbocycles. The van der Waals surface area contributed by atoms with E-state index in [1.165, 1.54) is 12.0 Å². The number of carbonyl (C=O) groups excluding carboxylic acids is 2. The standard InChI is InChI=1S/C28H31N3O5/c1-18(2)16-36-28(33)31-13-12-21-14-23(10-11-24(21)25(31)27(32)34-4)35-17-22-15-29-26(30-19(22)3)20-8-6-5-7-9-20/h5-11,14-15,18,25H,12-13,16-17H2,1-4H3. The van der Waals surface area contributed by atoms with Crippen LogP contribution in [0.3, 0.4) is 0 Å². The largest absolute Gasteiger partial charge is 0.489 e. The van der Waals surface area contributed by atoms with Crippen LogP contribution in [0, 0.1) is 12.8 Å². The molecule has 2 heterocycles. The maximum atomic E-state index is 12.7. The third-order valence-electron chi connectivity index (χ3n) is 6.05. The first kappa shape index (κ1) is 25.2. The normalized spacial score (nSPS) is 14.8. The second kappa shape index (κ2) is 11.2. The summed E-state index contributed by atoms with van der Waals surface area (Å²) in [6.07, 6.45) is 1.85. The molecule has 1 aliphatic rings. The number of amides is 1. The van der Waals surface area contributed by atoms with Gasteiger partial charge in [0.25, 0.3) is 0 Å². The number of esters is 1. The zero-order valence-electron chi connectivity index (χ0n) is 21.1. The summed E-state index contributed by atoms with van der Waals surface area (Å²) in [7, 11) is 1.32. The SMILES string of the molecule is COC(=O)C1c2ccc(OCc3cnc(-c4ccccc4)nc3C)cc2CCN1C(=O)OCC(C)C. The molecule has 0 spiro atoms. The van der Waals surface area contributed by atoms with E-state index in [1.54, 1.807) is 12.3 Å². The van der Waals surface area contributed by atoms with Gasteiger partial charge < -0.3 is 14.2 Å². The Labute approximate surface area is 211 Å². The highest BCUT2D eigenvalue weighted by atomic mass is 16.6. The summed E-state index contributed by atoms with van der Waals surface area (Å²) in [4.78, 5) is 35.9. The summed E-state index contributed by atoms with van der Waals surface area (Å²) in [6, 6.07) is 14.5. The van der Waals surface area contributed by atoms with Crippen molar-refractivity contribution < 1.29 is 23.8 Å². The third-order valence-corrected chi connectivity index (χ3v) is 6.05. The fourth-order valence-corrected chi connectivity index (χ4v) is 4.10. The lowest BCUT2D eigenvalue weighted by Gasteiger charge is -2.35. The van der Waals surface area contributed by atoms with Gasteiger partial charge in [0.1, 0.15) is 12.4 Å². The van der Waals surface area contributed by atoms with Gasteiger partial charge in [0.2, 0.25) is 0 Å². The average molecular weight is 490 g/mol. The van der Waals surface area contributed by atoms with Gasteiger partial charge in [0, 0.05) is 29.6 Å². The second-order valence-electron chi connectivity index (χ2n) is 9.16. The minimum Gasteiger partial charge on any atom is -0.489 e. The molecule has 4 rings (SSSR count). The van der Waals surface area contributed by atoms with Crippen LogP contribution >= 0.6 is 0 Å². The summed E-state index contributed by atoms with van der Waals surface area (Å²) in [5.74, 6) is 1.04. The van der Waals surface area contributed by atoms with Crippen molar-refractivity contribution in [3.63, 3.8) is 0 Å². The van der Waals surface area contributed by atoms with Crippen LogP contribution in [0.2, 0.25) is 0 Å². The van der Waals surface area contributed by atoms with E-state index in [1.807, 2.05) is 63.2 Å². The monoisotopic (exact) mass is 489 g/mol.